The van der Waals surface area contributed by atoms with Gasteiger partial charge in [-0.1, -0.05) is 32.5 Å². The zero-order valence-corrected chi connectivity index (χ0v) is 13.2. The Balaban J connectivity index is 3.04. The van der Waals surface area contributed by atoms with Crippen molar-refractivity contribution >= 4 is 8.07 Å². The normalized spacial score (nSPS) is 37.2. The Morgan fingerprint density at radius 1 is 1.24 bits per heavy atom. The van der Waals surface area contributed by atoms with Gasteiger partial charge >= 0.3 is 0 Å². The Bertz CT molecular complexity index is 345. The molecule has 0 aliphatic carbocycles. The van der Waals surface area contributed by atoms with E-state index in [-0.39, 0.29) is 17.6 Å². The van der Waals surface area contributed by atoms with Gasteiger partial charge in [-0.2, -0.15) is 0 Å². The summed E-state index contributed by atoms with van der Waals surface area (Å²) < 4.78 is 5.90. The van der Waals surface area contributed by atoms with Gasteiger partial charge in [0, 0.05) is 12.3 Å². The number of rotatable bonds is 0. The highest BCUT2D eigenvalue weighted by molar-refractivity contribution is 6.83. The van der Waals surface area contributed by atoms with Crippen molar-refractivity contribution in [3.63, 3.8) is 0 Å². The number of aliphatic hydroxyl groups is 1. The van der Waals surface area contributed by atoms with Gasteiger partial charge in [0.25, 0.3) is 0 Å². The summed E-state index contributed by atoms with van der Waals surface area (Å²) in [6.07, 6.45) is 0.664. The van der Waals surface area contributed by atoms with Gasteiger partial charge < -0.3 is 9.84 Å². The van der Waals surface area contributed by atoms with Gasteiger partial charge in [-0.25, -0.2) is 0 Å². The van der Waals surface area contributed by atoms with Gasteiger partial charge in [-0.3, -0.25) is 0 Å². The molecule has 2 nitrogen and oxygen atoms in total. The molecule has 1 fully saturated rings. The molecule has 1 aliphatic heterocycles. The average Bonchev–Trinajstić information content (AvgIpc) is 2.09. The Morgan fingerprint density at radius 2 is 1.76 bits per heavy atom. The largest absolute Gasteiger partial charge is 0.377 e. The Labute approximate surface area is 107 Å². The highest BCUT2D eigenvalue weighted by Crippen LogP contribution is 2.40. The van der Waals surface area contributed by atoms with Crippen molar-refractivity contribution in [1.29, 1.82) is 0 Å². The van der Waals surface area contributed by atoms with Gasteiger partial charge in [0.05, 0.1) is 11.7 Å². The highest BCUT2D eigenvalue weighted by Gasteiger charge is 2.48. The smallest absolute Gasteiger partial charge is 0.132 e. The second-order valence-corrected chi connectivity index (χ2v) is 11.6. The SMILES string of the molecule is CC1CC(O)(C#C[Si](C)(C)C)C(C)C(C)(C)O1. The van der Waals surface area contributed by atoms with Crippen LogP contribution in [0.15, 0.2) is 0 Å². The summed E-state index contributed by atoms with van der Waals surface area (Å²) in [6.45, 7) is 14.7. The summed E-state index contributed by atoms with van der Waals surface area (Å²) in [7, 11) is -1.45. The Kier molecular flexibility index (Phi) is 3.84. The fourth-order valence-electron chi connectivity index (χ4n) is 2.31. The van der Waals surface area contributed by atoms with Gasteiger partial charge in [0.2, 0.25) is 0 Å². The highest BCUT2D eigenvalue weighted by atomic mass is 28.3. The van der Waals surface area contributed by atoms with Crippen LogP contribution < -0.4 is 0 Å². The van der Waals surface area contributed by atoms with Crippen LogP contribution in [0.4, 0.5) is 0 Å². The lowest BCUT2D eigenvalue weighted by Gasteiger charge is -2.48. The van der Waals surface area contributed by atoms with E-state index in [4.69, 9.17) is 4.74 Å². The van der Waals surface area contributed by atoms with Gasteiger partial charge in [-0.05, 0) is 20.8 Å². The lowest BCUT2D eigenvalue weighted by molar-refractivity contribution is -0.195. The van der Waals surface area contributed by atoms with Crippen molar-refractivity contribution in [2.24, 2.45) is 5.92 Å². The molecule has 0 radical (unpaired) electrons. The molecule has 1 heterocycles. The lowest BCUT2D eigenvalue weighted by atomic mass is 9.73. The van der Waals surface area contributed by atoms with Crippen LogP contribution >= 0.6 is 0 Å². The third-order valence-corrected chi connectivity index (χ3v) is 4.39. The third-order valence-electron chi connectivity index (χ3n) is 3.52. The van der Waals surface area contributed by atoms with Gasteiger partial charge in [0.1, 0.15) is 13.7 Å². The van der Waals surface area contributed by atoms with E-state index in [9.17, 15) is 5.11 Å². The van der Waals surface area contributed by atoms with Crippen molar-refractivity contribution in [2.75, 3.05) is 0 Å². The summed E-state index contributed by atoms with van der Waals surface area (Å²) in [4.78, 5) is 0. The lowest BCUT2D eigenvalue weighted by Crippen LogP contribution is -2.56. The number of hydrogen-bond donors (Lipinski definition) is 1. The summed E-state index contributed by atoms with van der Waals surface area (Å²) in [5, 5.41) is 10.8. The molecule has 0 aromatic rings. The predicted molar refractivity (Wildman–Crippen MR) is 74.5 cm³/mol. The third kappa shape index (κ3) is 3.58. The summed E-state index contributed by atoms with van der Waals surface area (Å²) >= 11 is 0. The van der Waals surface area contributed by atoms with Gasteiger partial charge in [-0.15, -0.1) is 5.54 Å². The van der Waals surface area contributed by atoms with Crippen LogP contribution in [0.1, 0.15) is 34.1 Å². The summed E-state index contributed by atoms with van der Waals surface area (Å²) in [5.41, 5.74) is 2.08. The molecule has 1 saturated heterocycles. The van der Waals surface area contributed by atoms with E-state index < -0.39 is 13.7 Å². The first kappa shape index (κ1) is 14.8. The first-order valence-electron chi connectivity index (χ1n) is 6.41. The van der Waals surface area contributed by atoms with Gasteiger partial charge in [0.15, 0.2) is 0 Å². The molecule has 0 saturated carbocycles. The monoisotopic (exact) mass is 254 g/mol. The molecule has 0 bridgehead atoms. The van der Waals surface area contributed by atoms with E-state index in [1.165, 1.54) is 0 Å². The van der Waals surface area contributed by atoms with E-state index in [0.29, 0.717) is 6.42 Å². The van der Waals surface area contributed by atoms with Crippen LogP contribution in [0.5, 0.6) is 0 Å². The summed E-state index contributed by atoms with van der Waals surface area (Å²) in [5.74, 6) is 3.18. The van der Waals surface area contributed by atoms with Crippen molar-refractivity contribution in [1.82, 2.24) is 0 Å². The molecule has 3 heteroatoms. The molecule has 1 N–H and O–H groups in total. The minimum Gasteiger partial charge on any atom is -0.377 e. The zero-order valence-electron chi connectivity index (χ0n) is 12.2. The van der Waals surface area contributed by atoms with E-state index in [0.717, 1.165) is 0 Å². The summed E-state index contributed by atoms with van der Waals surface area (Å²) in [6, 6.07) is 0. The maximum atomic E-state index is 10.8. The minimum atomic E-state index is -1.45. The molecule has 1 aliphatic rings. The van der Waals surface area contributed by atoms with E-state index in [1.54, 1.807) is 0 Å². The molecule has 17 heavy (non-hydrogen) atoms. The van der Waals surface area contributed by atoms with E-state index in [2.05, 4.69) is 31.1 Å². The zero-order chi connectivity index (χ0) is 13.5. The first-order chi connectivity index (χ1) is 7.46. The quantitative estimate of drug-likeness (QED) is 0.532. The van der Waals surface area contributed by atoms with E-state index in [1.807, 2.05) is 27.7 Å². The topological polar surface area (TPSA) is 29.5 Å². The van der Waals surface area contributed by atoms with Crippen LogP contribution in [-0.4, -0.2) is 30.5 Å². The van der Waals surface area contributed by atoms with Crippen molar-refractivity contribution in [2.45, 2.75) is 71.1 Å². The van der Waals surface area contributed by atoms with Crippen LogP contribution in [0.25, 0.3) is 0 Å². The number of hydrogen-bond acceptors (Lipinski definition) is 2. The van der Waals surface area contributed by atoms with E-state index >= 15 is 0 Å². The molecule has 0 spiro atoms. The fourth-order valence-corrected chi connectivity index (χ4v) is 2.90. The maximum Gasteiger partial charge on any atom is 0.132 e. The molecule has 0 aromatic heterocycles. The molecular weight excluding hydrogens is 228 g/mol. The van der Waals surface area contributed by atoms with Crippen LogP contribution in [0.2, 0.25) is 19.6 Å². The van der Waals surface area contributed by atoms with Crippen molar-refractivity contribution in [3.05, 3.63) is 0 Å². The van der Waals surface area contributed by atoms with Crippen molar-refractivity contribution < 1.29 is 9.84 Å². The predicted octanol–water partition coefficient (Wildman–Crippen LogP) is 2.82. The molecule has 3 unspecified atom stereocenters. The first-order valence-corrected chi connectivity index (χ1v) is 9.91. The van der Waals surface area contributed by atoms with Crippen molar-refractivity contribution in [3.8, 4) is 11.5 Å². The fraction of sp³-hybridized carbons (Fsp3) is 0.857. The second-order valence-electron chi connectivity index (χ2n) is 6.88. The standard InChI is InChI=1S/C14H26O2Si/c1-11-10-14(15,8-9-17(5,6)7)12(2)13(3,4)16-11/h11-12,15H,10H2,1-7H3. The Morgan fingerprint density at radius 3 is 2.24 bits per heavy atom. The molecule has 98 valence electrons. The molecule has 0 amide bonds. The second kappa shape index (κ2) is 4.42. The average molecular weight is 254 g/mol. The minimum absolute atomic E-state index is 0.0232. The molecule has 1 rings (SSSR count). The Hall–Kier alpha value is -0.303. The molecule has 0 aromatic carbocycles. The van der Waals surface area contributed by atoms with Crippen LogP contribution in [0, 0.1) is 17.4 Å². The van der Waals surface area contributed by atoms with Crippen LogP contribution in [0.3, 0.4) is 0 Å². The maximum absolute atomic E-state index is 10.8. The molecular formula is C14H26O2Si. The van der Waals surface area contributed by atoms with Crippen LogP contribution in [-0.2, 0) is 4.74 Å². The molecule has 3 atom stereocenters. The number of ether oxygens (including phenoxy) is 1.